The molecule has 4 rings (SSSR count). The Labute approximate surface area is 158 Å². The lowest BCUT2D eigenvalue weighted by atomic mass is 9.92. The monoisotopic (exact) mass is 377 g/mol. The maximum atomic E-state index is 12.3. The van der Waals surface area contributed by atoms with Gasteiger partial charge in [0.05, 0.1) is 6.04 Å². The van der Waals surface area contributed by atoms with Crippen molar-refractivity contribution in [1.29, 1.82) is 0 Å². The zero-order chi connectivity index (χ0) is 17.2. The summed E-state index contributed by atoms with van der Waals surface area (Å²) in [5.41, 5.74) is 7.76. The number of carbonyl (C=O) groups is 1. The molecule has 0 spiro atoms. The molecule has 4 N–H and O–H groups in total. The number of hydrogen-bond acceptors (Lipinski definition) is 5. The number of H-pyrrole nitrogens is 1. The van der Waals surface area contributed by atoms with Crippen LogP contribution < -0.4 is 11.1 Å². The lowest BCUT2D eigenvalue weighted by molar-refractivity contribution is -0.119. The van der Waals surface area contributed by atoms with Gasteiger partial charge in [-0.1, -0.05) is 0 Å². The van der Waals surface area contributed by atoms with Crippen LogP contribution in [0.5, 0.6) is 0 Å². The van der Waals surface area contributed by atoms with E-state index < -0.39 is 6.04 Å². The largest absolute Gasteiger partial charge is 0.381 e. The van der Waals surface area contributed by atoms with Crippen LogP contribution in [0, 0.1) is 5.92 Å². The van der Waals surface area contributed by atoms with Crippen LogP contribution in [-0.2, 0) is 9.53 Å². The molecule has 1 aromatic carbocycles. The van der Waals surface area contributed by atoms with Crippen molar-refractivity contribution in [2.75, 3.05) is 18.5 Å². The van der Waals surface area contributed by atoms with Gasteiger partial charge in [-0.15, -0.1) is 12.4 Å². The molecule has 8 heteroatoms. The number of amides is 1. The predicted octanol–water partition coefficient (Wildman–Crippen LogP) is 2.46. The van der Waals surface area contributed by atoms with Gasteiger partial charge in [-0.05, 0) is 55.9 Å². The lowest BCUT2D eigenvalue weighted by Crippen LogP contribution is -2.43. The van der Waals surface area contributed by atoms with Crippen LogP contribution in [0.1, 0.15) is 37.4 Å². The summed E-state index contributed by atoms with van der Waals surface area (Å²) in [6.07, 6.45) is 4.04. The molecule has 1 saturated carbocycles. The van der Waals surface area contributed by atoms with Gasteiger partial charge >= 0.3 is 0 Å². The summed E-state index contributed by atoms with van der Waals surface area (Å²) in [5, 5.41) is 10.2. The van der Waals surface area contributed by atoms with Crippen LogP contribution in [0.2, 0.25) is 0 Å². The van der Waals surface area contributed by atoms with Crippen LogP contribution in [0.15, 0.2) is 24.3 Å². The maximum Gasteiger partial charge on any atom is 0.241 e. The van der Waals surface area contributed by atoms with E-state index in [9.17, 15) is 4.79 Å². The maximum absolute atomic E-state index is 12.3. The molecule has 2 heterocycles. The number of carbonyl (C=O) groups excluding carboxylic acids is 1. The predicted molar refractivity (Wildman–Crippen MR) is 101 cm³/mol. The Bertz CT molecular complexity index is 738. The van der Waals surface area contributed by atoms with E-state index >= 15 is 0 Å². The number of benzene rings is 1. The van der Waals surface area contributed by atoms with E-state index in [0.717, 1.165) is 29.9 Å². The molecule has 2 fully saturated rings. The van der Waals surface area contributed by atoms with E-state index in [2.05, 4.69) is 20.5 Å². The van der Waals surface area contributed by atoms with Gasteiger partial charge in [0.2, 0.25) is 5.91 Å². The fourth-order valence-electron chi connectivity index (χ4n) is 3.16. The molecule has 1 unspecified atom stereocenters. The first-order chi connectivity index (χ1) is 12.2. The fraction of sp³-hybridized carbons (Fsp3) is 0.500. The van der Waals surface area contributed by atoms with Gasteiger partial charge in [0, 0.05) is 30.4 Å². The molecule has 140 valence electrons. The normalized spacial score (nSPS) is 18.8. The minimum atomic E-state index is -0.502. The second-order valence-electron chi connectivity index (χ2n) is 6.86. The first-order valence-corrected chi connectivity index (χ1v) is 8.87. The second-order valence-corrected chi connectivity index (χ2v) is 6.86. The average Bonchev–Trinajstić information content (AvgIpc) is 3.39. The van der Waals surface area contributed by atoms with Crippen molar-refractivity contribution in [3.8, 4) is 11.4 Å². The van der Waals surface area contributed by atoms with E-state index in [1.807, 2.05) is 24.3 Å². The van der Waals surface area contributed by atoms with E-state index in [1.165, 1.54) is 12.8 Å². The summed E-state index contributed by atoms with van der Waals surface area (Å²) in [6.45, 7) is 1.36. The van der Waals surface area contributed by atoms with Crippen molar-refractivity contribution >= 4 is 24.0 Å². The molecule has 2 aromatic rings. The minimum Gasteiger partial charge on any atom is -0.381 e. The quantitative estimate of drug-likeness (QED) is 0.742. The first kappa shape index (κ1) is 18.8. The number of anilines is 1. The number of nitrogens with one attached hydrogen (secondary N) is 2. The summed E-state index contributed by atoms with van der Waals surface area (Å²) in [6, 6.07) is 7.04. The first-order valence-electron chi connectivity index (χ1n) is 8.87. The number of nitrogens with zero attached hydrogens (tertiary/aromatic N) is 2. The molecule has 26 heavy (non-hydrogen) atoms. The minimum absolute atomic E-state index is 0. The Morgan fingerprint density at radius 1 is 1.19 bits per heavy atom. The van der Waals surface area contributed by atoms with Gasteiger partial charge in [-0.3, -0.25) is 9.89 Å². The number of aromatic amines is 1. The van der Waals surface area contributed by atoms with Crippen molar-refractivity contribution in [2.24, 2.45) is 11.7 Å². The van der Waals surface area contributed by atoms with Crippen molar-refractivity contribution in [3.05, 3.63) is 30.1 Å². The highest BCUT2D eigenvalue weighted by molar-refractivity contribution is 5.95. The molecule has 1 atom stereocenters. The summed E-state index contributed by atoms with van der Waals surface area (Å²) in [5.74, 6) is 2.25. The highest BCUT2D eigenvalue weighted by atomic mass is 35.5. The SMILES string of the molecule is Cl.NC(C(=O)Nc1ccc(-c2n[nH]c(C3CC3)n2)cc1)C1CCOCC1. The molecule has 0 bridgehead atoms. The van der Waals surface area contributed by atoms with Gasteiger partial charge in [-0.2, -0.15) is 5.10 Å². The number of aromatic nitrogens is 3. The number of ether oxygens (including phenoxy) is 1. The molecule has 1 aromatic heterocycles. The number of nitrogens with two attached hydrogens (primary N) is 1. The molecule has 0 radical (unpaired) electrons. The fourth-order valence-corrected chi connectivity index (χ4v) is 3.16. The van der Waals surface area contributed by atoms with Crippen LogP contribution in [0.4, 0.5) is 5.69 Å². The Morgan fingerprint density at radius 2 is 1.88 bits per heavy atom. The highest BCUT2D eigenvalue weighted by Gasteiger charge is 2.28. The summed E-state index contributed by atoms with van der Waals surface area (Å²) in [7, 11) is 0. The van der Waals surface area contributed by atoms with Gasteiger partial charge in [0.1, 0.15) is 5.82 Å². The molecular formula is C18H24ClN5O2. The second kappa shape index (κ2) is 8.16. The third-order valence-electron chi connectivity index (χ3n) is 4.95. The van der Waals surface area contributed by atoms with E-state index in [1.54, 1.807) is 0 Å². The molecule has 2 aliphatic rings. The topological polar surface area (TPSA) is 106 Å². The zero-order valence-electron chi connectivity index (χ0n) is 14.5. The standard InChI is InChI=1S/C18H23N5O2.ClH/c19-15(11-7-9-25-10-8-11)18(24)20-14-5-3-13(4-6-14)17-21-16(22-23-17)12-1-2-12;/h3-6,11-12,15H,1-2,7-10,19H2,(H,20,24)(H,21,22,23);1H. The third kappa shape index (κ3) is 4.23. The highest BCUT2D eigenvalue weighted by Crippen LogP contribution is 2.38. The van der Waals surface area contributed by atoms with Crippen molar-refractivity contribution in [1.82, 2.24) is 15.2 Å². The van der Waals surface area contributed by atoms with Gasteiger partial charge < -0.3 is 15.8 Å². The van der Waals surface area contributed by atoms with Crippen molar-refractivity contribution < 1.29 is 9.53 Å². The number of hydrogen-bond donors (Lipinski definition) is 3. The summed E-state index contributed by atoms with van der Waals surface area (Å²) in [4.78, 5) is 16.9. The Balaban J connectivity index is 0.00000196. The van der Waals surface area contributed by atoms with Crippen LogP contribution in [0.25, 0.3) is 11.4 Å². The Morgan fingerprint density at radius 3 is 2.54 bits per heavy atom. The average molecular weight is 378 g/mol. The smallest absolute Gasteiger partial charge is 0.241 e. The van der Waals surface area contributed by atoms with Gasteiger partial charge in [0.15, 0.2) is 5.82 Å². The van der Waals surface area contributed by atoms with E-state index in [4.69, 9.17) is 10.5 Å². The van der Waals surface area contributed by atoms with E-state index in [0.29, 0.717) is 25.0 Å². The molecule has 7 nitrogen and oxygen atoms in total. The lowest BCUT2D eigenvalue weighted by Gasteiger charge is -2.26. The third-order valence-corrected chi connectivity index (χ3v) is 4.95. The molecule has 1 saturated heterocycles. The van der Waals surface area contributed by atoms with Crippen molar-refractivity contribution in [3.63, 3.8) is 0 Å². The van der Waals surface area contributed by atoms with Crippen LogP contribution in [0.3, 0.4) is 0 Å². The Kier molecular flexibility index (Phi) is 5.90. The number of rotatable bonds is 5. The van der Waals surface area contributed by atoms with Crippen molar-refractivity contribution in [2.45, 2.75) is 37.6 Å². The van der Waals surface area contributed by atoms with Crippen LogP contribution >= 0.6 is 12.4 Å². The molecular weight excluding hydrogens is 354 g/mol. The molecule has 1 aliphatic carbocycles. The van der Waals surface area contributed by atoms with Crippen LogP contribution in [-0.4, -0.2) is 40.3 Å². The van der Waals surface area contributed by atoms with E-state index in [-0.39, 0.29) is 24.2 Å². The Hall–Kier alpha value is -1.96. The summed E-state index contributed by atoms with van der Waals surface area (Å²) < 4.78 is 5.32. The molecule has 1 amide bonds. The van der Waals surface area contributed by atoms with Gasteiger partial charge in [-0.25, -0.2) is 4.98 Å². The summed E-state index contributed by atoms with van der Waals surface area (Å²) >= 11 is 0. The van der Waals surface area contributed by atoms with Gasteiger partial charge in [0.25, 0.3) is 0 Å². The number of halogens is 1. The molecule has 1 aliphatic heterocycles. The zero-order valence-corrected chi connectivity index (χ0v) is 15.3.